The predicted octanol–water partition coefficient (Wildman–Crippen LogP) is 4.87. The summed E-state index contributed by atoms with van der Waals surface area (Å²) in [5.41, 5.74) is 0. The maximum absolute atomic E-state index is 10.5. The topological polar surface area (TPSA) is 40.5 Å². The van der Waals surface area contributed by atoms with E-state index in [0.717, 1.165) is 34.6 Å². The minimum atomic E-state index is -0.470. The maximum atomic E-state index is 10.5. The van der Waals surface area contributed by atoms with Gasteiger partial charge in [-0.15, -0.1) is 0 Å². The first-order valence-electron chi connectivity index (χ1n) is 8.02. The molecular weight excluding hydrogens is 384 g/mol. The summed E-state index contributed by atoms with van der Waals surface area (Å²) < 4.78 is 1.53. The lowest BCUT2D eigenvalue weighted by Crippen LogP contribution is -2.28. The van der Waals surface area contributed by atoms with E-state index in [1.54, 1.807) is 0 Å². The van der Waals surface area contributed by atoms with Gasteiger partial charge in [0.25, 0.3) is 0 Å². The van der Waals surface area contributed by atoms with Gasteiger partial charge in [0.15, 0.2) is 0 Å². The molecule has 0 aromatic heterocycles. The van der Waals surface area contributed by atoms with Gasteiger partial charge in [0.2, 0.25) is 0 Å². The molecular formula is C16H26Br2O2. The molecule has 0 aromatic rings. The average molecular weight is 410 g/mol. The second-order valence-corrected chi connectivity index (χ2v) is 8.09. The van der Waals surface area contributed by atoms with Crippen molar-refractivity contribution >= 4 is 31.9 Å². The molecule has 0 heterocycles. The van der Waals surface area contributed by atoms with Crippen molar-refractivity contribution in [1.82, 2.24) is 0 Å². The molecule has 20 heavy (non-hydrogen) atoms. The number of rotatable bonds is 4. The number of halogens is 2. The Balaban J connectivity index is 2.00. The van der Waals surface area contributed by atoms with Crippen molar-refractivity contribution in [3.63, 3.8) is 0 Å². The summed E-state index contributed by atoms with van der Waals surface area (Å²) in [5.74, 6) is 0.675. The molecule has 0 unspecified atom stereocenters. The summed E-state index contributed by atoms with van der Waals surface area (Å²) >= 11 is 7.07. The normalized spacial score (nSPS) is 27.0. The van der Waals surface area contributed by atoms with E-state index >= 15 is 0 Å². The number of hydrogen-bond donors (Lipinski definition) is 2. The monoisotopic (exact) mass is 408 g/mol. The highest BCUT2D eigenvalue weighted by Crippen LogP contribution is 2.38. The SMILES string of the molecule is O[C@H](/C(Br)=C(\Br)[C@H](O)C1CCCCC1)C1CCCCC1. The third-order valence-electron chi connectivity index (χ3n) is 4.94. The maximum Gasteiger partial charge on any atom is 0.0891 e. The molecule has 2 fully saturated rings. The molecule has 2 nitrogen and oxygen atoms in total. The van der Waals surface area contributed by atoms with Crippen LogP contribution < -0.4 is 0 Å². The second-order valence-electron chi connectivity index (χ2n) is 6.38. The van der Waals surface area contributed by atoms with Gasteiger partial charge in [0.05, 0.1) is 12.2 Å². The van der Waals surface area contributed by atoms with Crippen LogP contribution in [0.25, 0.3) is 0 Å². The van der Waals surface area contributed by atoms with Crippen LogP contribution in [0.2, 0.25) is 0 Å². The highest BCUT2D eigenvalue weighted by atomic mass is 79.9. The highest BCUT2D eigenvalue weighted by Gasteiger charge is 2.30. The lowest BCUT2D eigenvalue weighted by molar-refractivity contribution is 0.108. The molecule has 0 aromatic carbocycles. The fraction of sp³-hybridized carbons (Fsp3) is 0.875. The Morgan fingerprint density at radius 2 is 0.950 bits per heavy atom. The summed E-state index contributed by atoms with van der Waals surface area (Å²) in [4.78, 5) is 0. The van der Waals surface area contributed by atoms with Crippen molar-refractivity contribution < 1.29 is 10.2 Å². The van der Waals surface area contributed by atoms with Crippen molar-refractivity contribution in [2.24, 2.45) is 11.8 Å². The first-order chi connectivity index (χ1) is 9.61. The zero-order valence-corrected chi connectivity index (χ0v) is 15.2. The molecule has 4 heteroatoms. The van der Waals surface area contributed by atoms with Crippen LogP contribution in [0.3, 0.4) is 0 Å². The molecule has 0 bridgehead atoms. The first kappa shape index (κ1) is 17.0. The van der Waals surface area contributed by atoms with Gasteiger partial charge in [0.1, 0.15) is 0 Å². The van der Waals surface area contributed by atoms with E-state index in [-0.39, 0.29) is 0 Å². The van der Waals surface area contributed by atoms with E-state index < -0.39 is 12.2 Å². The van der Waals surface area contributed by atoms with Gasteiger partial charge in [0, 0.05) is 8.96 Å². The molecule has 0 saturated heterocycles. The zero-order chi connectivity index (χ0) is 14.5. The molecule has 0 spiro atoms. The minimum absolute atomic E-state index is 0.337. The summed E-state index contributed by atoms with van der Waals surface area (Å²) in [5, 5.41) is 21.0. The molecule has 2 rings (SSSR count). The van der Waals surface area contributed by atoms with Gasteiger partial charge in [-0.25, -0.2) is 0 Å². The molecule has 2 aliphatic carbocycles. The van der Waals surface area contributed by atoms with Crippen LogP contribution in [0.5, 0.6) is 0 Å². The van der Waals surface area contributed by atoms with Crippen molar-refractivity contribution in [2.45, 2.75) is 76.4 Å². The lowest BCUT2D eigenvalue weighted by atomic mass is 9.83. The Bertz CT molecular complexity index is 299. The summed E-state index contributed by atoms with van der Waals surface area (Å²) in [6.07, 6.45) is 10.9. The molecule has 116 valence electrons. The largest absolute Gasteiger partial charge is 0.388 e. The Hall–Kier alpha value is 0.620. The van der Waals surface area contributed by atoms with Crippen molar-refractivity contribution in [3.05, 3.63) is 8.96 Å². The summed E-state index contributed by atoms with van der Waals surface area (Å²) in [7, 11) is 0. The number of aliphatic hydroxyl groups excluding tert-OH is 2. The molecule has 2 aliphatic rings. The lowest BCUT2D eigenvalue weighted by Gasteiger charge is -2.30. The van der Waals surface area contributed by atoms with Gasteiger partial charge < -0.3 is 10.2 Å². The Kier molecular flexibility index (Phi) is 7.05. The van der Waals surface area contributed by atoms with Crippen LogP contribution in [-0.4, -0.2) is 22.4 Å². The molecule has 2 N–H and O–H groups in total. The Morgan fingerprint density at radius 3 is 1.25 bits per heavy atom. The molecule has 0 aliphatic heterocycles. The van der Waals surface area contributed by atoms with Gasteiger partial charge in [-0.05, 0) is 37.5 Å². The van der Waals surface area contributed by atoms with E-state index in [2.05, 4.69) is 31.9 Å². The van der Waals surface area contributed by atoms with Crippen LogP contribution in [0.15, 0.2) is 8.96 Å². The zero-order valence-electron chi connectivity index (χ0n) is 12.0. The second kappa shape index (κ2) is 8.30. The summed E-state index contributed by atoms with van der Waals surface area (Å²) in [6.45, 7) is 0. The van der Waals surface area contributed by atoms with Gasteiger partial charge in [-0.2, -0.15) is 0 Å². The molecule has 0 radical (unpaired) electrons. The van der Waals surface area contributed by atoms with Crippen LogP contribution in [0.1, 0.15) is 64.2 Å². The Morgan fingerprint density at radius 1 is 0.650 bits per heavy atom. The predicted molar refractivity (Wildman–Crippen MR) is 90.0 cm³/mol. The van der Waals surface area contributed by atoms with E-state index in [1.165, 1.54) is 38.5 Å². The first-order valence-corrected chi connectivity index (χ1v) is 9.61. The molecule has 2 saturated carbocycles. The van der Waals surface area contributed by atoms with Crippen molar-refractivity contribution in [2.75, 3.05) is 0 Å². The summed E-state index contributed by atoms with van der Waals surface area (Å²) in [6, 6.07) is 0. The van der Waals surface area contributed by atoms with Crippen LogP contribution in [0, 0.1) is 11.8 Å². The standard InChI is InChI=1S/C16H26Br2O2/c17-13(15(19)11-7-3-1-4-8-11)14(18)16(20)12-9-5-2-6-10-12/h11-12,15-16,19-20H,1-10H2/b14-13+/t15-,16+. The Labute approximate surface area is 139 Å². The smallest absolute Gasteiger partial charge is 0.0891 e. The van der Waals surface area contributed by atoms with Crippen molar-refractivity contribution in [1.29, 1.82) is 0 Å². The van der Waals surface area contributed by atoms with E-state index in [4.69, 9.17) is 0 Å². The van der Waals surface area contributed by atoms with Crippen LogP contribution in [0.4, 0.5) is 0 Å². The quantitative estimate of drug-likeness (QED) is 0.695. The minimum Gasteiger partial charge on any atom is -0.388 e. The van der Waals surface area contributed by atoms with E-state index in [9.17, 15) is 10.2 Å². The van der Waals surface area contributed by atoms with Crippen molar-refractivity contribution in [3.8, 4) is 0 Å². The van der Waals surface area contributed by atoms with E-state index in [1.807, 2.05) is 0 Å². The number of hydrogen-bond acceptors (Lipinski definition) is 2. The average Bonchev–Trinajstić information content (AvgIpc) is 2.53. The van der Waals surface area contributed by atoms with Gasteiger partial charge in [-0.3, -0.25) is 0 Å². The van der Waals surface area contributed by atoms with Crippen LogP contribution in [-0.2, 0) is 0 Å². The fourth-order valence-corrected chi connectivity index (χ4v) is 4.81. The van der Waals surface area contributed by atoms with E-state index in [0.29, 0.717) is 11.8 Å². The number of aliphatic hydroxyl groups is 2. The molecule has 0 amide bonds. The fourth-order valence-electron chi connectivity index (χ4n) is 3.60. The highest BCUT2D eigenvalue weighted by molar-refractivity contribution is 9.14. The third-order valence-corrected chi connectivity index (χ3v) is 7.26. The van der Waals surface area contributed by atoms with Crippen LogP contribution >= 0.6 is 31.9 Å². The van der Waals surface area contributed by atoms with Gasteiger partial charge in [-0.1, -0.05) is 70.4 Å². The van der Waals surface area contributed by atoms with Gasteiger partial charge >= 0.3 is 0 Å². The third kappa shape index (κ3) is 4.31. The molecule has 2 atom stereocenters.